The molecule has 3 heteroatoms. The maximum absolute atomic E-state index is 12.7. The zero-order valence-corrected chi connectivity index (χ0v) is 7.70. The number of hydrogen-bond acceptors (Lipinski definition) is 2. The van der Waals surface area contributed by atoms with Gasteiger partial charge in [0.15, 0.2) is 0 Å². The topological polar surface area (TPSA) is 23.5 Å². The largest absolute Gasteiger partial charge is 0.381 e. The standard InChI is InChI=1S/C10H14FNO/c1-12(8-13)6-5-9-3-2-4-10(11)7-9/h2-4,7,13H,5-6,8H2,1H3. The van der Waals surface area contributed by atoms with Crippen LogP contribution in [0.25, 0.3) is 0 Å². The number of aliphatic hydroxyl groups excluding tert-OH is 1. The van der Waals surface area contributed by atoms with Crippen LogP contribution in [0, 0.1) is 5.82 Å². The second-order valence-electron chi connectivity index (χ2n) is 3.10. The van der Waals surface area contributed by atoms with Crippen molar-refractivity contribution in [2.45, 2.75) is 6.42 Å². The zero-order chi connectivity index (χ0) is 9.68. The maximum Gasteiger partial charge on any atom is 0.123 e. The van der Waals surface area contributed by atoms with Gasteiger partial charge in [0.05, 0.1) is 6.73 Å². The first-order valence-corrected chi connectivity index (χ1v) is 4.26. The third-order valence-corrected chi connectivity index (χ3v) is 1.91. The summed E-state index contributed by atoms with van der Waals surface area (Å²) in [5.41, 5.74) is 0.959. The molecule has 0 unspecified atom stereocenters. The van der Waals surface area contributed by atoms with Crippen molar-refractivity contribution >= 4 is 0 Å². The lowest BCUT2D eigenvalue weighted by Crippen LogP contribution is -2.21. The summed E-state index contributed by atoms with van der Waals surface area (Å²) in [4.78, 5) is 1.77. The van der Waals surface area contributed by atoms with Crippen LogP contribution in [-0.2, 0) is 6.42 Å². The number of nitrogens with zero attached hydrogens (tertiary/aromatic N) is 1. The van der Waals surface area contributed by atoms with E-state index in [-0.39, 0.29) is 12.5 Å². The van der Waals surface area contributed by atoms with Crippen LogP contribution in [0.15, 0.2) is 24.3 Å². The van der Waals surface area contributed by atoms with Crippen LogP contribution < -0.4 is 0 Å². The van der Waals surface area contributed by atoms with Crippen LogP contribution in [0.5, 0.6) is 0 Å². The van der Waals surface area contributed by atoms with Crippen molar-refractivity contribution in [1.29, 1.82) is 0 Å². The average Bonchev–Trinajstić information content (AvgIpc) is 2.14. The fraction of sp³-hybridized carbons (Fsp3) is 0.400. The predicted molar refractivity (Wildman–Crippen MR) is 49.8 cm³/mol. The van der Waals surface area contributed by atoms with Crippen LogP contribution >= 0.6 is 0 Å². The van der Waals surface area contributed by atoms with E-state index in [4.69, 9.17) is 5.11 Å². The second kappa shape index (κ2) is 4.94. The highest BCUT2D eigenvalue weighted by Gasteiger charge is 1.98. The van der Waals surface area contributed by atoms with Gasteiger partial charge in [-0.05, 0) is 31.2 Å². The van der Waals surface area contributed by atoms with E-state index in [1.54, 1.807) is 11.0 Å². The Morgan fingerprint density at radius 2 is 2.23 bits per heavy atom. The van der Waals surface area contributed by atoms with E-state index in [1.807, 2.05) is 13.1 Å². The molecule has 0 saturated carbocycles. The minimum absolute atomic E-state index is 0.0370. The molecule has 0 atom stereocenters. The molecule has 0 radical (unpaired) electrons. The lowest BCUT2D eigenvalue weighted by Gasteiger charge is -2.12. The minimum Gasteiger partial charge on any atom is -0.381 e. The molecule has 0 spiro atoms. The zero-order valence-electron chi connectivity index (χ0n) is 7.70. The van der Waals surface area contributed by atoms with Gasteiger partial charge in [-0.1, -0.05) is 12.1 Å². The fourth-order valence-corrected chi connectivity index (χ4v) is 1.08. The number of rotatable bonds is 4. The highest BCUT2D eigenvalue weighted by molar-refractivity contribution is 5.16. The van der Waals surface area contributed by atoms with Gasteiger partial charge in [-0.25, -0.2) is 4.39 Å². The Kier molecular flexibility index (Phi) is 3.86. The van der Waals surface area contributed by atoms with Crippen molar-refractivity contribution < 1.29 is 9.50 Å². The summed E-state index contributed by atoms with van der Waals surface area (Å²) < 4.78 is 12.7. The molecule has 0 aliphatic rings. The Bertz CT molecular complexity index is 265. The Morgan fingerprint density at radius 3 is 2.85 bits per heavy atom. The Hall–Kier alpha value is -0.930. The van der Waals surface area contributed by atoms with Gasteiger partial charge < -0.3 is 5.11 Å². The summed E-state index contributed by atoms with van der Waals surface area (Å²) in [7, 11) is 1.82. The van der Waals surface area contributed by atoms with E-state index in [0.717, 1.165) is 18.5 Å². The van der Waals surface area contributed by atoms with Gasteiger partial charge in [-0.2, -0.15) is 0 Å². The van der Waals surface area contributed by atoms with E-state index < -0.39 is 0 Å². The third-order valence-electron chi connectivity index (χ3n) is 1.91. The summed E-state index contributed by atoms with van der Waals surface area (Å²) in [6.07, 6.45) is 0.759. The fourth-order valence-electron chi connectivity index (χ4n) is 1.08. The van der Waals surface area contributed by atoms with Crippen molar-refractivity contribution in [1.82, 2.24) is 4.90 Å². The van der Waals surface area contributed by atoms with E-state index in [1.165, 1.54) is 12.1 Å². The van der Waals surface area contributed by atoms with Crippen LogP contribution in [0.4, 0.5) is 4.39 Å². The molecule has 0 heterocycles. The molecule has 1 aromatic carbocycles. The molecule has 2 nitrogen and oxygen atoms in total. The van der Waals surface area contributed by atoms with E-state index in [2.05, 4.69) is 0 Å². The first-order valence-electron chi connectivity index (χ1n) is 4.26. The van der Waals surface area contributed by atoms with Crippen molar-refractivity contribution in [2.75, 3.05) is 20.3 Å². The summed E-state index contributed by atoms with van der Waals surface area (Å²) in [5, 5.41) is 8.72. The van der Waals surface area contributed by atoms with Crippen LogP contribution in [-0.4, -0.2) is 30.3 Å². The quantitative estimate of drug-likeness (QED) is 0.710. The number of likely N-dealkylation sites (N-methyl/N-ethyl adjacent to an activating group) is 1. The van der Waals surface area contributed by atoms with Gasteiger partial charge in [-0.15, -0.1) is 0 Å². The van der Waals surface area contributed by atoms with Gasteiger partial charge >= 0.3 is 0 Å². The first kappa shape index (κ1) is 10.2. The molecule has 0 fully saturated rings. The molecule has 72 valence electrons. The third kappa shape index (κ3) is 3.53. The molecule has 13 heavy (non-hydrogen) atoms. The second-order valence-corrected chi connectivity index (χ2v) is 3.10. The lowest BCUT2D eigenvalue weighted by atomic mass is 10.1. The number of halogens is 1. The van der Waals surface area contributed by atoms with Crippen LogP contribution in [0.1, 0.15) is 5.56 Å². The van der Waals surface area contributed by atoms with Crippen molar-refractivity contribution in [3.05, 3.63) is 35.6 Å². The molecule has 0 amide bonds. The SMILES string of the molecule is CN(CO)CCc1cccc(F)c1. The number of hydrogen-bond donors (Lipinski definition) is 1. The normalized spacial score (nSPS) is 10.8. The monoisotopic (exact) mass is 183 g/mol. The Morgan fingerprint density at radius 1 is 1.46 bits per heavy atom. The van der Waals surface area contributed by atoms with E-state index >= 15 is 0 Å². The van der Waals surface area contributed by atoms with Gasteiger partial charge in [0.2, 0.25) is 0 Å². The maximum atomic E-state index is 12.7. The minimum atomic E-state index is -0.204. The van der Waals surface area contributed by atoms with Gasteiger partial charge in [0, 0.05) is 6.54 Å². The molecular formula is C10H14FNO. The van der Waals surface area contributed by atoms with Gasteiger partial charge in [0.1, 0.15) is 5.82 Å². The average molecular weight is 183 g/mol. The highest BCUT2D eigenvalue weighted by atomic mass is 19.1. The van der Waals surface area contributed by atoms with Crippen molar-refractivity contribution in [2.24, 2.45) is 0 Å². The number of benzene rings is 1. The lowest BCUT2D eigenvalue weighted by molar-refractivity contribution is 0.134. The summed E-state index contributed by atoms with van der Waals surface area (Å²) in [6.45, 7) is 0.773. The molecule has 1 aromatic rings. The van der Waals surface area contributed by atoms with E-state index in [0.29, 0.717) is 0 Å². The van der Waals surface area contributed by atoms with E-state index in [9.17, 15) is 4.39 Å². The molecule has 0 bridgehead atoms. The molecule has 0 aliphatic carbocycles. The molecular weight excluding hydrogens is 169 g/mol. The first-order chi connectivity index (χ1) is 6.22. The van der Waals surface area contributed by atoms with Crippen molar-refractivity contribution in [3.63, 3.8) is 0 Å². The van der Waals surface area contributed by atoms with Crippen LogP contribution in [0.3, 0.4) is 0 Å². The molecule has 1 rings (SSSR count). The highest BCUT2D eigenvalue weighted by Crippen LogP contribution is 2.04. The van der Waals surface area contributed by atoms with Gasteiger partial charge in [0.25, 0.3) is 0 Å². The number of aliphatic hydroxyl groups is 1. The molecule has 1 N–H and O–H groups in total. The van der Waals surface area contributed by atoms with Crippen LogP contribution in [0.2, 0.25) is 0 Å². The smallest absolute Gasteiger partial charge is 0.123 e. The summed E-state index contributed by atoms with van der Waals surface area (Å²) in [5.74, 6) is -0.204. The van der Waals surface area contributed by atoms with Gasteiger partial charge in [-0.3, -0.25) is 4.90 Å². The molecule has 0 aromatic heterocycles. The summed E-state index contributed by atoms with van der Waals surface area (Å²) in [6, 6.07) is 6.53. The summed E-state index contributed by atoms with van der Waals surface area (Å²) >= 11 is 0. The predicted octanol–water partition coefficient (Wildman–Crippen LogP) is 1.25. The Balaban J connectivity index is 2.45. The molecule has 0 aliphatic heterocycles. The Labute approximate surface area is 77.6 Å². The van der Waals surface area contributed by atoms with Crippen molar-refractivity contribution in [3.8, 4) is 0 Å². The molecule has 0 saturated heterocycles.